The maximum absolute atomic E-state index is 12.3. The van der Waals surface area contributed by atoms with Gasteiger partial charge in [0.05, 0.1) is 18.1 Å². The van der Waals surface area contributed by atoms with Crippen LogP contribution in [0.4, 0.5) is 0 Å². The molecule has 1 aliphatic rings. The van der Waals surface area contributed by atoms with Crippen LogP contribution in [0.15, 0.2) is 42.5 Å². The van der Waals surface area contributed by atoms with Crippen molar-refractivity contribution in [2.45, 2.75) is 19.8 Å². The number of hydrogen-bond donors (Lipinski definition) is 0. The van der Waals surface area contributed by atoms with Crippen molar-refractivity contribution < 1.29 is 23.9 Å². The quantitative estimate of drug-likeness (QED) is 0.758. The molecule has 1 saturated heterocycles. The van der Waals surface area contributed by atoms with Crippen LogP contribution >= 0.6 is 0 Å². The Balaban J connectivity index is 1.50. The van der Waals surface area contributed by atoms with Crippen LogP contribution in [-0.4, -0.2) is 49.0 Å². The first kappa shape index (κ1) is 18.9. The molecule has 1 amide bonds. The molecule has 3 rings (SSSR count). The predicted octanol–water partition coefficient (Wildman–Crippen LogP) is 2.80. The van der Waals surface area contributed by atoms with Crippen LogP contribution in [0.3, 0.4) is 0 Å². The average molecular weight is 369 g/mol. The molecule has 1 fully saturated rings. The molecule has 0 spiro atoms. The van der Waals surface area contributed by atoms with Crippen molar-refractivity contribution >= 4 is 28.6 Å². The monoisotopic (exact) mass is 369 g/mol. The van der Waals surface area contributed by atoms with E-state index < -0.39 is 5.97 Å². The lowest BCUT2D eigenvalue weighted by Crippen LogP contribution is -2.42. The van der Waals surface area contributed by atoms with Gasteiger partial charge in [0, 0.05) is 13.1 Å². The molecule has 0 unspecified atom stereocenters. The number of benzene rings is 2. The minimum absolute atomic E-state index is 0.158. The Morgan fingerprint density at radius 2 is 1.70 bits per heavy atom. The number of piperidine rings is 1. The Morgan fingerprint density at radius 3 is 2.41 bits per heavy atom. The highest BCUT2D eigenvalue weighted by molar-refractivity contribution is 5.96. The van der Waals surface area contributed by atoms with E-state index in [-0.39, 0.29) is 24.4 Å². The van der Waals surface area contributed by atoms with Gasteiger partial charge in [0.2, 0.25) is 0 Å². The number of rotatable bonds is 5. The predicted molar refractivity (Wildman–Crippen MR) is 100 cm³/mol. The average Bonchev–Trinajstić information content (AvgIpc) is 2.71. The van der Waals surface area contributed by atoms with Gasteiger partial charge in [-0.2, -0.15) is 0 Å². The molecule has 0 aromatic heterocycles. The normalized spacial score (nSPS) is 14.8. The van der Waals surface area contributed by atoms with Gasteiger partial charge < -0.3 is 14.4 Å². The Hall–Kier alpha value is -2.89. The summed E-state index contributed by atoms with van der Waals surface area (Å²) in [6.07, 6.45) is 1.15. The van der Waals surface area contributed by atoms with Crippen LogP contribution in [-0.2, 0) is 19.1 Å². The fraction of sp³-hybridized carbons (Fsp3) is 0.381. The van der Waals surface area contributed by atoms with Gasteiger partial charge in [-0.3, -0.25) is 9.59 Å². The number of amides is 1. The molecule has 0 bridgehead atoms. The van der Waals surface area contributed by atoms with Crippen molar-refractivity contribution in [2.24, 2.45) is 5.92 Å². The molecule has 27 heavy (non-hydrogen) atoms. The number of fused-ring (bicyclic) bond motifs is 1. The van der Waals surface area contributed by atoms with Crippen LogP contribution < -0.4 is 0 Å². The molecule has 142 valence electrons. The smallest absolute Gasteiger partial charge is 0.338 e. The van der Waals surface area contributed by atoms with Crippen molar-refractivity contribution in [1.29, 1.82) is 0 Å². The van der Waals surface area contributed by atoms with Gasteiger partial charge in [-0.05, 0) is 42.7 Å². The zero-order chi connectivity index (χ0) is 19.2. The van der Waals surface area contributed by atoms with E-state index in [0.717, 1.165) is 10.8 Å². The summed E-state index contributed by atoms with van der Waals surface area (Å²) in [4.78, 5) is 37.9. The van der Waals surface area contributed by atoms with E-state index in [1.165, 1.54) is 0 Å². The topological polar surface area (TPSA) is 72.9 Å². The van der Waals surface area contributed by atoms with E-state index in [0.29, 0.717) is 38.1 Å². The summed E-state index contributed by atoms with van der Waals surface area (Å²) in [5.41, 5.74) is 0.419. The number of esters is 2. The first-order valence-electron chi connectivity index (χ1n) is 9.19. The maximum Gasteiger partial charge on any atom is 0.338 e. The minimum Gasteiger partial charge on any atom is -0.466 e. The molecule has 2 aromatic carbocycles. The molecule has 6 heteroatoms. The van der Waals surface area contributed by atoms with Crippen LogP contribution in [0.25, 0.3) is 10.8 Å². The number of nitrogens with zero attached hydrogens (tertiary/aromatic N) is 1. The first-order valence-corrected chi connectivity index (χ1v) is 9.19. The number of hydrogen-bond acceptors (Lipinski definition) is 5. The highest BCUT2D eigenvalue weighted by Crippen LogP contribution is 2.19. The maximum atomic E-state index is 12.3. The summed E-state index contributed by atoms with van der Waals surface area (Å²) in [6, 6.07) is 13.0. The second-order valence-electron chi connectivity index (χ2n) is 6.55. The van der Waals surface area contributed by atoms with E-state index in [1.54, 1.807) is 24.0 Å². The lowest BCUT2D eigenvalue weighted by Gasteiger charge is -2.30. The Morgan fingerprint density at radius 1 is 1.00 bits per heavy atom. The number of likely N-dealkylation sites (tertiary alicyclic amines) is 1. The Labute approximate surface area is 158 Å². The van der Waals surface area contributed by atoms with Crippen molar-refractivity contribution in [3.05, 3.63) is 48.0 Å². The lowest BCUT2D eigenvalue weighted by molar-refractivity contribution is -0.151. The van der Waals surface area contributed by atoms with Crippen molar-refractivity contribution in [3.63, 3.8) is 0 Å². The van der Waals surface area contributed by atoms with E-state index >= 15 is 0 Å². The summed E-state index contributed by atoms with van der Waals surface area (Å²) in [7, 11) is 0. The highest BCUT2D eigenvalue weighted by Gasteiger charge is 2.28. The first-order chi connectivity index (χ1) is 13.1. The number of carbonyl (C=O) groups is 3. The highest BCUT2D eigenvalue weighted by atomic mass is 16.5. The van der Waals surface area contributed by atoms with Gasteiger partial charge in [-0.25, -0.2) is 4.79 Å². The summed E-state index contributed by atoms with van der Waals surface area (Å²) in [5, 5.41) is 1.98. The molecular weight excluding hydrogens is 346 g/mol. The SMILES string of the molecule is CCOC(=O)C1CCN(C(=O)COC(=O)c2ccc3ccccc3c2)CC1. The van der Waals surface area contributed by atoms with Gasteiger partial charge >= 0.3 is 11.9 Å². The van der Waals surface area contributed by atoms with Crippen LogP contribution in [0.1, 0.15) is 30.1 Å². The van der Waals surface area contributed by atoms with Gasteiger partial charge in [0.15, 0.2) is 6.61 Å². The summed E-state index contributed by atoms with van der Waals surface area (Å²) >= 11 is 0. The van der Waals surface area contributed by atoms with E-state index in [1.807, 2.05) is 30.3 Å². The molecular formula is C21H23NO5. The molecule has 0 radical (unpaired) electrons. The minimum atomic E-state index is -0.518. The molecule has 0 saturated carbocycles. The zero-order valence-corrected chi connectivity index (χ0v) is 15.3. The summed E-state index contributed by atoms with van der Waals surface area (Å²) in [6.45, 7) is 2.78. The van der Waals surface area contributed by atoms with Crippen LogP contribution in [0, 0.1) is 5.92 Å². The third-order valence-corrected chi connectivity index (χ3v) is 4.78. The Bertz CT molecular complexity index is 839. The van der Waals surface area contributed by atoms with Gasteiger partial charge in [-0.15, -0.1) is 0 Å². The van der Waals surface area contributed by atoms with Gasteiger partial charge in [0.1, 0.15) is 0 Å². The van der Waals surface area contributed by atoms with Crippen LogP contribution in [0.2, 0.25) is 0 Å². The van der Waals surface area contributed by atoms with Gasteiger partial charge in [-0.1, -0.05) is 30.3 Å². The van der Waals surface area contributed by atoms with E-state index in [4.69, 9.17) is 9.47 Å². The van der Waals surface area contributed by atoms with Crippen LogP contribution in [0.5, 0.6) is 0 Å². The molecule has 1 aliphatic heterocycles. The van der Waals surface area contributed by atoms with E-state index in [9.17, 15) is 14.4 Å². The van der Waals surface area contributed by atoms with Crippen molar-refractivity contribution in [3.8, 4) is 0 Å². The van der Waals surface area contributed by atoms with Crippen molar-refractivity contribution in [2.75, 3.05) is 26.3 Å². The second-order valence-corrected chi connectivity index (χ2v) is 6.55. The standard InChI is InChI=1S/C21H23NO5/c1-2-26-20(24)16-9-11-22(12-10-16)19(23)14-27-21(25)18-8-7-15-5-3-4-6-17(15)13-18/h3-8,13,16H,2,9-12,14H2,1H3. The second kappa shape index (κ2) is 8.66. The van der Waals surface area contributed by atoms with Gasteiger partial charge in [0.25, 0.3) is 5.91 Å². The molecule has 1 heterocycles. The molecule has 6 nitrogen and oxygen atoms in total. The molecule has 0 aliphatic carbocycles. The summed E-state index contributed by atoms with van der Waals surface area (Å²) in [5.74, 6) is -1.12. The lowest BCUT2D eigenvalue weighted by atomic mass is 9.97. The number of ether oxygens (including phenoxy) is 2. The largest absolute Gasteiger partial charge is 0.466 e. The Kier molecular flexibility index (Phi) is 6.06. The van der Waals surface area contributed by atoms with Crippen molar-refractivity contribution in [1.82, 2.24) is 4.90 Å². The fourth-order valence-electron chi connectivity index (χ4n) is 3.24. The molecule has 0 atom stereocenters. The third-order valence-electron chi connectivity index (χ3n) is 4.78. The third kappa shape index (κ3) is 4.64. The molecule has 2 aromatic rings. The van der Waals surface area contributed by atoms with E-state index in [2.05, 4.69) is 0 Å². The number of carbonyl (C=O) groups excluding carboxylic acids is 3. The zero-order valence-electron chi connectivity index (χ0n) is 15.3. The fourth-order valence-corrected chi connectivity index (χ4v) is 3.24. The molecule has 0 N–H and O–H groups in total. The summed E-state index contributed by atoms with van der Waals surface area (Å²) < 4.78 is 10.2.